The Morgan fingerprint density at radius 1 is 1.03 bits per heavy atom. The van der Waals surface area contributed by atoms with Crippen LogP contribution in [0, 0.1) is 23.7 Å². The van der Waals surface area contributed by atoms with Gasteiger partial charge in [-0.2, -0.15) is 0 Å². The average molecular weight is 477 g/mol. The fraction of sp³-hybridized carbons (Fsp3) is 0.393. The van der Waals surface area contributed by atoms with E-state index in [1.165, 1.54) is 0 Å². The Bertz CT molecular complexity index is 1090. The number of amides is 2. The highest BCUT2D eigenvalue weighted by Crippen LogP contribution is 2.44. The first-order valence-electron chi connectivity index (χ1n) is 11.8. The third-order valence-corrected chi connectivity index (χ3v) is 6.36. The first kappa shape index (κ1) is 25.8. The van der Waals surface area contributed by atoms with E-state index in [2.05, 4.69) is 46.7 Å². The molecule has 3 rings (SSSR count). The van der Waals surface area contributed by atoms with Gasteiger partial charge in [-0.3, -0.25) is 4.79 Å². The third-order valence-electron chi connectivity index (χ3n) is 6.36. The number of nitrogens with one attached hydrogen (secondary N) is 2. The predicted molar refractivity (Wildman–Crippen MR) is 134 cm³/mol. The highest BCUT2D eigenvalue weighted by molar-refractivity contribution is 5.84. The van der Waals surface area contributed by atoms with Crippen LogP contribution in [0.5, 0.6) is 0 Å². The minimum absolute atomic E-state index is 0.0287. The van der Waals surface area contributed by atoms with Gasteiger partial charge >= 0.3 is 12.1 Å². The Hall–Kier alpha value is -3.79. The predicted octanol–water partition coefficient (Wildman–Crippen LogP) is 4.17. The van der Waals surface area contributed by atoms with E-state index in [0.717, 1.165) is 22.3 Å². The summed E-state index contributed by atoms with van der Waals surface area (Å²) in [6.45, 7) is 5.98. The number of carbonyl (C=O) groups excluding carboxylic acids is 2. The zero-order valence-corrected chi connectivity index (χ0v) is 20.3. The van der Waals surface area contributed by atoms with Crippen molar-refractivity contribution in [1.29, 1.82) is 0 Å². The molecule has 3 N–H and O–H groups in total. The fourth-order valence-corrected chi connectivity index (χ4v) is 4.30. The van der Waals surface area contributed by atoms with Crippen LogP contribution in [0.3, 0.4) is 0 Å². The van der Waals surface area contributed by atoms with E-state index in [9.17, 15) is 19.5 Å². The minimum atomic E-state index is -1.13. The SMILES string of the molecule is CC#CCC(NC(=O)CC(CNC(=O)OCC1c2ccccc2-c2ccccc21)C(C)C)C(=O)O. The number of alkyl carbamates (subject to hydrolysis) is 1. The van der Waals surface area contributed by atoms with Crippen LogP contribution in [-0.2, 0) is 14.3 Å². The lowest BCUT2D eigenvalue weighted by molar-refractivity contribution is -0.141. The van der Waals surface area contributed by atoms with Gasteiger partial charge in [-0.25, -0.2) is 9.59 Å². The van der Waals surface area contributed by atoms with Gasteiger partial charge < -0.3 is 20.5 Å². The monoisotopic (exact) mass is 476 g/mol. The Morgan fingerprint density at radius 3 is 2.17 bits per heavy atom. The van der Waals surface area contributed by atoms with Gasteiger partial charge in [0.1, 0.15) is 12.6 Å². The van der Waals surface area contributed by atoms with E-state index in [1.54, 1.807) is 6.92 Å². The molecule has 0 spiro atoms. The Morgan fingerprint density at radius 2 is 1.63 bits per heavy atom. The number of aliphatic carboxylic acids is 1. The van der Waals surface area contributed by atoms with E-state index < -0.39 is 18.1 Å². The number of carbonyl (C=O) groups is 3. The van der Waals surface area contributed by atoms with Gasteiger partial charge in [0.05, 0.1) is 0 Å². The highest BCUT2D eigenvalue weighted by atomic mass is 16.5. The van der Waals surface area contributed by atoms with Crippen LogP contribution in [0.2, 0.25) is 0 Å². The Balaban J connectivity index is 1.53. The summed E-state index contributed by atoms with van der Waals surface area (Å²) in [4.78, 5) is 36.3. The lowest BCUT2D eigenvalue weighted by Gasteiger charge is -2.22. The second kappa shape index (κ2) is 12.1. The number of ether oxygens (including phenoxy) is 1. The fourth-order valence-electron chi connectivity index (χ4n) is 4.30. The van der Waals surface area contributed by atoms with Gasteiger partial charge in [-0.05, 0) is 41.0 Å². The van der Waals surface area contributed by atoms with Gasteiger partial charge in [0.15, 0.2) is 0 Å². The van der Waals surface area contributed by atoms with Crippen LogP contribution in [-0.4, -0.2) is 42.3 Å². The normalized spacial score (nSPS) is 13.6. The van der Waals surface area contributed by atoms with Crippen molar-refractivity contribution in [1.82, 2.24) is 10.6 Å². The number of fused-ring (bicyclic) bond motifs is 3. The largest absolute Gasteiger partial charge is 0.480 e. The van der Waals surface area contributed by atoms with Crippen LogP contribution in [0.15, 0.2) is 48.5 Å². The van der Waals surface area contributed by atoms with E-state index in [4.69, 9.17) is 4.74 Å². The summed E-state index contributed by atoms with van der Waals surface area (Å²) >= 11 is 0. The molecule has 2 atom stereocenters. The average Bonchev–Trinajstić information content (AvgIpc) is 3.16. The van der Waals surface area contributed by atoms with Gasteiger partial charge in [0.2, 0.25) is 5.91 Å². The highest BCUT2D eigenvalue weighted by Gasteiger charge is 2.29. The lowest BCUT2D eigenvalue weighted by atomic mass is 9.92. The van der Waals surface area contributed by atoms with Gasteiger partial charge in [-0.1, -0.05) is 62.4 Å². The standard InChI is InChI=1S/C28H32N2O5/c1-4-5-14-25(27(32)33)30-26(31)15-19(18(2)3)16-29-28(34)35-17-24-22-12-8-6-10-20(22)21-11-7-9-13-23(21)24/h6-13,18-19,24-25H,14-17H2,1-3H3,(H,29,34)(H,30,31)(H,32,33). The smallest absolute Gasteiger partial charge is 0.407 e. The molecule has 0 fully saturated rings. The zero-order chi connectivity index (χ0) is 25.4. The van der Waals surface area contributed by atoms with Crippen molar-refractivity contribution >= 4 is 18.0 Å². The van der Waals surface area contributed by atoms with Gasteiger partial charge in [0, 0.05) is 25.3 Å². The van der Waals surface area contributed by atoms with E-state index in [1.807, 2.05) is 38.1 Å². The van der Waals surface area contributed by atoms with Crippen molar-refractivity contribution in [2.24, 2.45) is 11.8 Å². The first-order valence-corrected chi connectivity index (χ1v) is 11.8. The summed E-state index contributed by atoms with van der Waals surface area (Å²) < 4.78 is 5.57. The lowest BCUT2D eigenvalue weighted by Crippen LogP contribution is -2.42. The summed E-state index contributed by atoms with van der Waals surface area (Å²) in [6.07, 6.45) is -0.411. The first-order chi connectivity index (χ1) is 16.8. The van der Waals surface area contributed by atoms with Crippen molar-refractivity contribution in [3.05, 3.63) is 59.7 Å². The molecule has 0 aliphatic heterocycles. The molecule has 1 aliphatic carbocycles. The molecule has 2 aromatic carbocycles. The topological polar surface area (TPSA) is 105 Å². The number of hydrogen-bond acceptors (Lipinski definition) is 4. The molecule has 7 nitrogen and oxygen atoms in total. The van der Waals surface area contributed by atoms with Crippen LogP contribution in [0.1, 0.15) is 50.7 Å². The van der Waals surface area contributed by atoms with Crippen LogP contribution in [0.25, 0.3) is 11.1 Å². The summed E-state index contributed by atoms with van der Waals surface area (Å²) in [5.74, 6) is 3.69. The Labute approximate surface area is 206 Å². The van der Waals surface area contributed by atoms with Gasteiger partial charge in [0.25, 0.3) is 0 Å². The molecule has 1 aliphatic rings. The second-order valence-electron chi connectivity index (χ2n) is 9.00. The molecule has 0 saturated heterocycles. The maximum Gasteiger partial charge on any atom is 0.407 e. The number of carboxylic acid groups (broad SMARTS) is 1. The minimum Gasteiger partial charge on any atom is -0.480 e. The maximum absolute atomic E-state index is 12.5. The molecule has 2 aromatic rings. The Kier molecular flexibility index (Phi) is 8.91. The van der Waals surface area contributed by atoms with Crippen molar-refractivity contribution < 1.29 is 24.2 Å². The molecule has 0 aromatic heterocycles. The van der Waals surface area contributed by atoms with Crippen molar-refractivity contribution in [2.75, 3.05) is 13.2 Å². The maximum atomic E-state index is 12.5. The van der Waals surface area contributed by atoms with Crippen molar-refractivity contribution in [3.63, 3.8) is 0 Å². The van der Waals surface area contributed by atoms with Crippen molar-refractivity contribution in [2.45, 2.75) is 45.6 Å². The third kappa shape index (κ3) is 6.63. The second-order valence-corrected chi connectivity index (χ2v) is 9.00. The number of hydrogen-bond donors (Lipinski definition) is 3. The molecule has 35 heavy (non-hydrogen) atoms. The number of benzene rings is 2. The zero-order valence-electron chi connectivity index (χ0n) is 20.3. The summed E-state index contributed by atoms with van der Waals surface area (Å²) in [5, 5.41) is 14.6. The molecule has 0 radical (unpaired) electrons. The molecule has 0 saturated carbocycles. The summed E-state index contributed by atoms with van der Waals surface area (Å²) in [6, 6.07) is 15.2. The molecule has 2 unspecified atom stereocenters. The molecule has 7 heteroatoms. The van der Waals surface area contributed by atoms with Crippen LogP contribution >= 0.6 is 0 Å². The molecule has 184 valence electrons. The van der Waals surface area contributed by atoms with Crippen LogP contribution < -0.4 is 10.6 Å². The molecule has 2 amide bonds. The van der Waals surface area contributed by atoms with E-state index in [-0.39, 0.29) is 49.7 Å². The molecular formula is C28H32N2O5. The molecule has 0 heterocycles. The van der Waals surface area contributed by atoms with Gasteiger partial charge in [-0.15, -0.1) is 11.8 Å². The van der Waals surface area contributed by atoms with Crippen molar-refractivity contribution in [3.8, 4) is 23.0 Å². The molecule has 0 bridgehead atoms. The van der Waals surface area contributed by atoms with Crippen LogP contribution in [0.4, 0.5) is 4.79 Å². The molecular weight excluding hydrogens is 444 g/mol. The number of carboxylic acids is 1. The van der Waals surface area contributed by atoms with E-state index >= 15 is 0 Å². The quantitative estimate of drug-likeness (QED) is 0.447. The number of rotatable bonds is 10. The summed E-state index contributed by atoms with van der Waals surface area (Å²) in [7, 11) is 0. The van der Waals surface area contributed by atoms with E-state index in [0.29, 0.717) is 0 Å². The summed E-state index contributed by atoms with van der Waals surface area (Å²) in [5.41, 5.74) is 4.60.